The second-order valence-electron chi connectivity index (χ2n) is 4.93. The Hall–Kier alpha value is -1.06. The SMILES string of the molecule is C.COC(=O)C(C)(C)CC(C)(C)C(=O)OC. The summed E-state index contributed by atoms with van der Waals surface area (Å²) in [5.74, 6) is -0.640. The summed E-state index contributed by atoms with van der Waals surface area (Å²) >= 11 is 0. The molecule has 0 rings (SSSR count). The Kier molecular flexibility index (Phi) is 6.36. The van der Waals surface area contributed by atoms with E-state index in [9.17, 15) is 9.59 Å². The Morgan fingerprint density at radius 1 is 0.875 bits per heavy atom. The van der Waals surface area contributed by atoms with E-state index in [2.05, 4.69) is 9.47 Å². The van der Waals surface area contributed by atoms with Crippen LogP contribution in [0, 0.1) is 10.8 Å². The fourth-order valence-electron chi connectivity index (χ4n) is 1.80. The Morgan fingerprint density at radius 3 is 1.31 bits per heavy atom. The maximum absolute atomic E-state index is 11.4. The third-order valence-corrected chi connectivity index (χ3v) is 2.36. The molecule has 0 spiro atoms. The van der Waals surface area contributed by atoms with Crippen molar-refractivity contribution < 1.29 is 19.1 Å². The molecular weight excluding hydrogens is 208 g/mol. The minimum Gasteiger partial charge on any atom is -0.469 e. The van der Waals surface area contributed by atoms with Crippen molar-refractivity contribution in [3.05, 3.63) is 0 Å². The maximum atomic E-state index is 11.4. The van der Waals surface area contributed by atoms with E-state index in [0.717, 1.165) is 0 Å². The van der Waals surface area contributed by atoms with E-state index < -0.39 is 10.8 Å². The van der Waals surface area contributed by atoms with E-state index in [0.29, 0.717) is 6.42 Å². The van der Waals surface area contributed by atoms with E-state index in [1.807, 2.05) is 0 Å². The predicted octanol–water partition coefficient (Wildman–Crippen LogP) is 2.41. The lowest BCUT2D eigenvalue weighted by Gasteiger charge is -2.30. The van der Waals surface area contributed by atoms with Crippen molar-refractivity contribution in [3.8, 4) is 0 Å². The Labute approximate surface area is 98.3 Å². The number of methoxy groups -OCH3 is 2. The van der Waals surface area contributed by atoms with Crippen LogP contribution in [0.3, 0.4) is 0 Å². The van der Waals surface area contributed by atoms with Crippen molar-refractivity contribution in [2.24, 2.45) is 10.8 Å². The number of hydrogen-bond acceptors (Lipinski definition) is 4. The molecule has 4 nitrogen and oxygen atoms in total. The highest BCUT2D eigenvalue weighted by atomic mass is 16.5. The van der Waals surface area contributed by atoms with Gasteiger partial charge in [0.2, 0.25) is 0 Å². The zero-order valence-electron chi connectivity index (χ0n) is 10.3. The number of rotatable bonds is 4. The van der Waals surface area contributed by atoms with Crippen LogP contribution in [0.15, 0.2) is 0 Å². The number of ether oxygens (including phenoxy) is 2. The van der Waals surface area contributed by atoms with Crippen molar-refractivity contribution in [2.75, 3.05) is 14.2 Å². The van der Waals surface area contributed by atoms with Crippen molar-refractivity contribution >= 4 is 11.9 Å². The summed E-state index contributed by atoms with van der Waals surface area (Å²) in [4.78, 5) is 22.9. The van der Waals surface area contributed by atoms with Crippen molar-refractivity contribution in [1.29, 1.82) is 0 Å². The van der Waals surface area contributed by atoms with Gasteiger partial charge in [0, 0.05) is 0 Å². The zero-order chi connectivity index (χ0) is 12.3. The van der Waals surface area contributed by atoms with E-state index in [1.54, 1.807) is 27.7 Å². The van der Waals surface area contributed by atoms with Gasteiger partial charge in [-0.05, 0) is 34.1 Å². The molecule has 0 aromatic rings. The lowest BCUT2D eigenvalue weighted by Crippen LogP contribution is -2.36. The molecular formula is C12H24O4. The molecule has 96 valence electrons. The van der Waals surface area contributed by atoms with Gasteiger partial charge in [-0.25, -0.2) is 0 Å². The maximum Gasteiger partial charge on any atom is 0.311 e. The first-order valence-corrected chi connectivity index (χ1v) is 4.84. The van der Waals surface area contributed by atoms with Crippen LogP contribution in [-0.4, -0.2) is 26.2 Å². The molecule has 0 bridgehead atoms. The van der Waals surface area contributed by atoms with Gasteiger partial charge < -0.3 is 9.47 Å². The fourth-order valence-corrected chi connectivity index (χ4v) is 1.80. The van der Waals surface area contributed by atoms with Gasteiger partial charge in [-0.3, -0.25) is 9.59 Å². The van der Waals surface area contributed by atoms with Gasteiger partial charge in [0.1, 0.15) is 0 Å². The molecule has 0 N–H and O–H groups in total. The monoisotopic (exact) mass is 232 g/mol. The summed E-state index contributed by atoms with van der Waals surface area (Å²) in [6.07, 6.45) is 0.388. The summed E-state index contributed by atoms with van der Waals surface area (Å²) in [7, 11) is 2.68. The molecule has 0 saturated carbocycles. The minimum absolute atomic E-state index is 0. The number of esters is 2. The van der Waals surface area contributed by atoms with E-state index in [4.69, 9.17) is 0 Å². The highest BCUT2D eigenvalue weighted by molar-refractivity contribution is 5.79. The first kappa shape index (κ1) is 17.3. The highest BCUT2D eigenvalue weighted by Crippen LogP contribution is 2.35. The van der Waals surface area contributed by atoms with Crippen molar-refractivity contribution in [1.82, 2.24) is 0 Å². The van der Waals surface area contributed by atoms with Crippen LogP contribution in [0.5, 0.6) is 0 Å². The van der Waals surface area contributed by atoms with Gasteiger partial charge in [0.05, 0.1) is 25.0 Å². The molecule has 0 unspecified atom stereocenters. The third-order valence-electron chi connectivity index (χ3n) is 2.36. The standard InChI is InChI=1S/C11H20O4.CH4/c1-10(2,8(12)14-5)7-11(3,4)9(13)15-6;/h7H2,1-6H3;1H4. The molecule has 4 heteroatoms. The van der Waals surface area contributed by atoms with E-state index in [1.165, 1.54) is 14.2 Å². The van der Waals surface area contributed by atoms with Crippen LogP contribution in [0.25, 0.3) is 0 Å². The quantitative estimate of drug-likeness (QED) is 0.698. The van der Waals surface area contributed by atoms with Gasteiger partial charge in [0.25, 0.3) is 0 Å². The molecule has 0 aromatic carbocycles. The van der Waals surface area contributed by atoms with Crippen LogP contribution in [0.2, 0.25) is 0 Å². The van der Waals surface area contributed by atoms with Gasteiger partial charge >= 0.3 is 11.9 Å². The summed E-state index contributed by atoms with van der Waals surface area (Å²) < 4.78 is 9.37. The lowest BCUT2D eigenvalue weighted by atomic mass is 9.75. The summed E-state index contributed by atoms with van der Waals surface area (Å²) in [5, 5.41) is 0. The molecule has 0 aromatic heterocycles. The zero-order valence-corrected chi connectivity index (χ0v) is 10.3. The molecule has 0 amide bonds. The second kappa shape index (κ2) is 5.87. The molecule has 0 aliphatic rings. The molecule has 0 heterocycles. The predicted molar refractivity (Wildman–Crippen MR) is 62.9 cm³/mol. The highest BCUT2D eigenvalue weighted by Gasteiger charge is 2.40. The molecule has 0 fully saturated rings. The largest absolute Gasteiger partial charge is 0.469 e. The molecule has 0 radical (unpaired) electrons. The number of hydrogen-bond donors (Lipinski definition) is 0. The van der Waals surface area contributed by atoms with E-state index in [-0.39, 0.29) is 19.4 Å². The van der Waals surface area contributed by atoms with Gasteiger partial charge in [-0.2, -0.15) is 0 Å². The molecule has 0 saturated heterocycles. The Balaban J connectivity index is 0. The van der Waals surface area contributed by atoms with Gasteiger partial charge in [-0.1, -0.05) is 7.43 Å². The smallest absolute Gasteiger partial charge is 0.311 e. The fraction of sp³-hybridized carbons (Fsp3) is 0.833. The molecule has 16 heavy (non-hydrogen) atoms. The Morgan fingerprint density at radius 2 is 1.12 bits per heavy atom. The Bertz CT molecular complexity index is 228. The lowest BCUT2D eigenvalue weighted by molar-refractivity contribution is -0.158. The summed E-state index contributed by atoms with van der Waals surface area (Å²) in [6, 6.07) is 0. The molecule has 0 aliphatic heterocycles. The van der Waals surface area contributed by atoms with Crippen LogP contribution in [0.1, 0.15) is 41.5 Å². The van der Waals surface area contributed by atoms with Crippen LogP contribution in [0.4, 0.5) is 0 Å². The van der Waals surface area contributed by atoms with Gasteiger partial charge in [-0.15, -0.1) is 0 Å². The first-order valence-electron chi connectivity index (χ1n) is 4.84. The third kappa shape index (κ3) is 4.21. The summed E-state index contributed by atoms with van der Waals surface area (Å²) in [5.41, 5.74) is -1.38. The first-order chi connectivity index (χ1) is 6.67. The number of carbonyl (C=O) groups is 2. The van der Waals surface area contributed by atoms with E-state index >= 15 is 0 Å². The average Bonchev–Trinajstić information content (AvgIpc) is 2.13. The normalized spacial score (nSPS) is 11.4. The number of carbonyl (C=O) groups excluding carboxylic acids is 2. The topological polar surface area (TPSA) is 52.6 Å². The minimum atomic E-state index is -0.688. The second-order valence-corrected chi connectivity index (χ2v) is 4.93. The van der Waals surface area contributed by atoms with Crippen molar-refractivity contribution in [3.63, 3.8) is 0 Å². The van der Waals surface area contributed by atoms with Gasteiger partial charge in [0.15, 0.2) is 0 Å². The van der Waals surface area contributed by atoms with Crippen LogP contribution >= 0.6 is 0 Å². The average molecular weight is 232 g/mol. The summed E-state index contributed by atoms with van der Waals surface area (Å²) in [6.45, 7) is 7.01. The molecule has 0 atom stereocenters. The van der Waals surface area contributed by atoms with Crippen molar-refractivity contribution in [2.45, 2.75) is 41.5 Å². The molecule has 0 aliphatic carbocycles. The van der Waals surface area contributed by atoms with Crippen LogP contribution < -0.4 is 0 Å². The van der Waals surface area contributed by atoms with Crippen LogP contribution in [-0.2, 0) is 19.1 Å².